The summed E-state index contributed by atoms with van der Waals surface area (Å²) in [5, 5.41) is 7.30. The summed E-state index contributed by atoms with van der Waals surface area (Å²) < 4.78 is 33.7. The fourth-order valence-electron chi connectivity index (χ4n) is 3.16. The van der Waals surface area contributed by atoms with Crippen molar-refractivity contribution in [1.29, 1.82) is 0 Å². The van der Waals surface area contributed by atoms with Crippen LogP contribution in [0.2, 0.25) is 0 Å². The van der Waals surface area contributed by atoms with Crippen LogP contribution in [0.1, 0.15) is 19.4 Å². The Bertz CT molecular complexity index is 696. The zero-order chi connectivity index (χ0) is 17.8. The van der Waals surface area contributed by atoms with Gasteiger partial charge in [0.2, 0.25) is 0 Å². The molecular formula is C18H24F2N4O. The van der Waals surface area contributed by atoms with E-state index in [4.69, 9.17) is 4.74 Å². The number of rotatable bonds is 6. The van der Waals surface area contributed by atoms with E-state index in [-0.39, 0.29) is 24.6 Å². The van der Waals surface area contributed by atoms with Gasteiger partial charge in [-0.3, -0.25) is 4.68 Å². The molecule has 0 saturated carbocycles. The number of morpholine rings is 1. The molecule has 2 atom stereocenters. The van der Waals surface area contributed by atoms with Gasteiger partial charge in [0.25, 0.3) is 0 Å². The Hall–Kier alpha value is -2.15. The molecule has 2 heterocycles. The number of hydrogen-bond donors (Lipinski definition) is 1. The molecule has 0 unspecified atom stereocenters. The summed E-state index contributed by atoms with van der Waals surface area (Å²) in [5.74, 6) is -0.278. The Morgan fingerprint density at radius 2 is 2.00 bits per heavy atom. The number of ether oxygens (including phenoxy) is 1. The number of aromatic nitrogens is 2. The molecule has 1 aliphatic rings. The molecule has 1 aliphatic heterocycles. The van der Waals surface area contributed by atoms with Crippen LogP contribution in [-0.2, 0) is 17.8 Å². The molecule has 1 N–H and O–H groups in total. The van der Waals surface area contributed by atoms with Gasteiger partial charge in [-0.25, -0.2) is 8.78 Å². The number of anilines is 2. The van der Waals surface area contributed by atoms with Crippen molar-refractivity contribution in [2.24, 2.45) is 0 Å². The van der Waals surface area contributed by atoms with Crippen molar-refractivity contribution in [3.05, 3.63) is 42.0 Å². The minimum Gasteiger partial charge on any atom is -0.381 e. The first-order valence-electron chi connectivity index (χ1n) is 8.55. The Balaban J connectivity index is 1.68. The van der Waals surface area contributed by atoms with Gasteiger partial charge in [0.05, 0.1) is 24.9 Å². The van der Waals surface area contributed by atoms with Gasteiger partial charge in [-0.1, -0.05) is 0 Å². The van der Waals surface area contributed by atoms with Gasteiger partial charge < -0.3 is 15.0 Å². The predicted octanol–water partition coefficient (Wildman–Crippen LogP) is 3.22. The summed E-state index contributed by atoms with van der Waals surface area (Å²) in [6, 6.07) is 4.97. The van der Waals surface area contributed by atoms with Gasteiger partial charge in [0.15, 0.2) is 0 Å². The highest BCUT2D eigenvalue weighted by molar-refractivity contribution is 5.59. The van der Waals surface area contributed by atoms with Crippen LogP contribution >= 0.6 is 0 Å². The number of aryl methyl sites for hydroxylation is 1. The Morgan fingerprint density at radius 3 is 2.72 bits per heavy atom. The first-order valence-corrected chi connectivity index (χ1v) is 8.55. The minimum atomic E-state index is -0.446. The van der Waals surface area contributed by atoms with Crippen LogP contribution in [0, 0.1) is 5.82 Å². The average molecular weight is 350 g/mol. The van der Waals surface area contributed by atoms with Gasteiger partial charge >= 0.3 is 0 Å². The lowest BCUT2D eigenvalue weighted by Crippen LogP contribution is -2.45. The van der Waals surface area contributed by atoms with E-state index in [1.54, 1.807) is 23.1 Å². The van der Waals surface area contributed by atoms with Gasteiger partial charge in [-0.15, -0.1) is 0 Å². The van der Waals surface area contributed by atoms with E-state index in [2.05, 4.69) is 15.3 Å². The summed E-state index contributed by atoms with van der Waals surface area (Å²) in [5.41, 5.74) is 2.48. The Kier molecular flexibility index (Phi) is 5.53. The molecule has 5 nitrogen and oxygen atoms in total. The summed E-state index contributed by atoms with van der Waals surface area (Å²) >= 11 is 0. The smallest absolute Gasteiger partial charge is 0.127 e. The van der Waals surface area contributed by atoms with Crippen molar-refractivity contribution in [3.8, 4) is 0 Å². The third-order valence-corrected chi connectivity index (χ3v) is 4.16. The third-order valence-electron chi connectivity index (χ3n) is 4.16. The summed E-state index contributed by atoms with van der Waals surface area (Å²) in [4.78, 5) is 2.15. The molecule has 2 aromatic rings. The van der Waals surface area contributed by atoms with E-state index in [9.17, 15) is 8.78 Å². The van der Waals surface area contributed by atoms with Crippen LogP contribution in [-0.4, -0.2) is 41.8 Å². The number of benzene rings is 1. The van der Waals surface area contributed by atoms with Crippen molar-refractivity contribution in [3.63, 3.8) is 0 Å². The van der Waals surface area contributed by atoms with Crippen LogP contribution in [0.25, 0.3) is 0 Å². The van der Waals surface area contributed by atoms with E-state index in [0.29, 0.717) is 12.2 Å². The summed E-state index contributed by atoms with van der Waals surface area (Å²) in [7, 11) is 0. The molecule has 1 aromatic carbocycles. The van der Waals surface area contributed by atoms with Crippen LogP contribution in [0.5, 0.6) is 0 Å². The maximum Gasteiger partial charge on any atom is 0.127 e. The molecule has 136 valence electrons. The zero-order valence-electron chi connectivity index (χ0n) is 14.6. The minimum absolute atomic E-state index is 0.116. The van der Waals surface area contributed by atoms with Gasteiger partial charge in [0, 0.05) is 42.8 Å². The molecule has 0 radical (unpaired) electrons. The second-order valence-corrected chi connectivity index (χ2v) is 6.51. The number of hydrogen-bond acceptors (Lipinski definition) is 4. The predicted molar refractivity (Wildman–Crippen MR) is 94.2 cm³/mol. The number of nitrogens with one attached hydrogen (secondary N) is 1. The topological polar surface area (TPSA) is 42.3 Å². The summed E-state index contributed by atoms with van der Waals surface area (Å²) in [6.07, 6.45) is 3.71. The van der Waals surface area contributed by atoms with E-state index < -0.39 is 6.67 Å². The molecule has 1 fully saturated rings. The first-order chi connectivity index (χ1) is 12.0. The largest absolute Gasteiger partial charge is 0.381 e. The highest BCUT2D eigenvalue weighted by Crippen LogP contribution is 2.25. The molecule has 3 rings (SSSR count). The molecular weight excluding hydrogens is 326 g/mol. The highest BCUT2D eigenvalue weighted by Gasteiger charge is 2.23. The third kappa shape index (κ3) is 4.69. The Labute approximate surface area is 146 Å². The first kappa shape index (κ1) is 17.7. The molecule has 7 heteroatoms. The fraction of sp³-hybridized carbons (Fsp3) is 0.500. The standard InChI is InChI=1S/C18H24F2N4O/c1-13-10-23(11-14(2)25-13)18-6-16(20)5-17(7-18)21-8-15-9-22-24(12-15)4-3-19/h5-7,9,12-14,21H,3-4,8,10-11H2,1-2H3/t13-,14+. The molecule has 0 bridgehead atoms. The maximum atomic E-state index is 14.1. The van der Waals surface area contributed by atoms with Crippen LogP contribution < -0.4 is 10.2 Å². The van der Waals surface area contributed by atoms with Crippen LogP contribution in [0.3, 0.4) is 0 Å². The summed E-state index contributed by atoms with van der Waals surface area (Å²) in [6.45, 7) is 5.83. The lowest BCUT2D eigenvalue weighted by Gasteiger charge is -2.37. The number of halogens is 2. The molecule has 1 saturated heterocycles. The number of nitrogens with zero attached hydrogens (tertiary/aromatic N) is 3. The quantitative estimate of drug-likeness (QED) is 0.869. The van der Waals surface area contributed by atoms with Crippen molar-refractivity contribution in [2.75, 3.05) is 30.0 Å². The second-order valence-electron chi connectivity index (χ2n) is 6.51. The highest BCUT2D eigenvalue weighted by atomic mass is 19.1. The van der Waals surface area contributed by atoms with Crippen molar-refractivity contribution in [1.82, 2.24) is 9.78 Å². The lowest BCUT2D eigenvalue weighted by molar-refractivity contribution is -0.00523. The van der Waals surface area contributed by atoms with Gasteiger partial charge in [0.1, 0.15) is 12.5 Å². The molecule has 0 amide bonds. The molecule has 0 aliphatic carbocycles. The van der Waals surface area contributed by atoms with E-state index in [1.165, 1.54) is 6.07 Å². The van der Waals surface area contributed by atoms with E-state index in [1.807, 2.05) is 19.9 Å². The monoisotopic (exact) mass is 350 g/mol. The van der Waals surface area contributed by atoms with Crippen molar-refractivity contribution >= 4 is 11.4 Å². The molecule has 0 spiro atoms. The molecule has 25 heavy (non-hydrogen) atoms. The molecule has 1 aromatic heterocycles. The van der Waals surface area contributed by atoms with E-state index in [0.717, 1.165) is 24.3 Å². The fourth-order valence-corrected chi connectivity index (χ4v) is 3.16. The van der Waals surface area contributed by atoms with Gasteiger partial charge in [-0.05, 0) is 32.0 Å². The zero-order valence-corrected chi connectivity index (χ0v) is 14.6. The maximum absolute atomic E-state index is 14.1. The Morgan fingerprint density at radius 1 is 1.24 bits per heavy atom. The van der Waals surface area contributed by atoms with Crippen LogP contribution in [0.4, 0.5) is 20.2 Å². The average Bonchev–Trinajstić information content (AvgIpc) is 2.99. The second kappa shape index (κ2) is 7.82. The van der Waals surface area contributed by atoms with Crippen molar-refractivity contribution in [2.45, 2.75) is 39.1 Å². The van der Waals surface area contributed by atoms with Gasteiger partial charge in [-0.2, -0.15) is 5.10 Å². The number of alkyl halides is 1. The van der Waals surface area contributed by atoms with Crippen LogP contribution in [0.15, 0.2) is 30.6 Å². The van der Waals surface area contributed by atoms with Crippen molar-refractivity contribution < 1.29 is 13.5 Å². The lowest BCUT2D eigenvalue weighted by atomic mass is 10.2. The SMILES string of the molecule is C[C@@H]1CN(c2cc(F)cc(NCc3cnn(CCF)c3)c2)C[C@H](C)O1. The normalized spacial score (nSPS) is 20.7. The van der Waals surface area contributed by atoms with E-state index >= 15 is 0 Å².